The van der Waals surface area contributed by atoms with Crippen molar-refractivity contribution in [1.29, 1.82) is 0 Å². The molecule has 1 unspecified atom stereocenters. The summed E-state index contributed by atoms with van der Waals surface area (Å²) >= 11 is 0. The highest BCUT2D eigenvalue weighted by Gasteiger charge is 2.08. The first-order valence-electron chi connectivity index (χ1n) is 5.10. The van der Waals surface area contributed by atoms with Crippen LogP contribution in [0.15, 0.2) is 18.2 Å². The molecule has 0 aromatic heterocycles. The minimum atomic E-state index is -0.0673. The second kappa shape index (κ2) is 5.51. The van der Waals surface area contributed by atoms with Crippen LogP contribution in [0.4, 0.5) is 5.69 Å². The Morgan fingerprint density at radius 3 is 2.75 bits per heavy atom. The van der Waals surface area contributed by atoms with Gasteiger partial charge in [-0.05, 0) is 32.0 Å². The number of benzene rings is 1. The number of anilines is 1. The van der Waals surface area contributed by atoms with E-state index >= 15 is 0 Å². The zero-order valence-corrected chi connectivity index (χ0v) is 9.82. The van der Waals surface area contributed by atoms with E-state index in [1.807, 2.05) is 6.92 Å². The standard InChI is InChI=1S/C12H17NO3/c1-8(7-15-3)16-10-4-5-12(13)11(6-10)9(2)14/h4-6,8H,7,13H2,1-3H3. The van der Waals surface area contributed by atoms with E-state index in [0.717, 1.165) is 0 Å². The smallest absolute Gasteiger partial charge is 0.162 e. The van der Waals surface area contributed by atoms with Crippen LogP contribution < -0.4 is 10.5 Å². The van der Waals surface area contributed by atoms with Gasteiger partial charge in [0.2, 0.25) is 0 Å². The van der Waals surface area contributed by atoms with Gasteiger partial charge in [0.25, 0.3) is 0 Å². The average molecular weight is 223 g/mol. The number of methoxy groups -OCH3 is 1. The van der Waals surface area contributed by atoms with Crippen molar-refractivity contribution in [1.82, 2.24) is 0 Å². The molecule has 0 saturated heterocycles. The molecular weight excluding hydrogens is 206 g/mol. The van der Waals surface area contributed by atoms with Crippen molar-refractivity contribution in [3.63, 3.8) is 0 Å². The van der Waals surface area contributed by atoms with Crippen LogP contribution in [-0.2, 0) is 4.74 Å². The molecule has 0 aliphatic heterocycles. The fourth-order valence-corrected chi connectivity index (χ4v) is 1.41. The van der Waals surface area contributed by atoms with Crippen LogP contribution in [0.5, 0.6) is 5.75 Å². The van der Waals surface area contributed by atoms with Gasteiger partial charge in [-0.25, -0.2) is 0 Å². The monoisotopic (exact) mass is 223 g/mol. The molecule has 0 fully saturated rings. The van der Waals surface area contributed by atoms with Crippen molar-refractivity contribution in [2.24, 2.45) is 0 Å². The van der Waals surface area contributed by atoms with Crippen molar-refractivity contribution in [3.05, 3.63) is 23.8 Å². The zero-order chi connectivity index (χ0) is 12.1. The van der Waals surface area contributed by atoms with Crippen molar-refractivity contribution in [2.45, 2.75) is 20.0 Å². The summed E-state index contributed by atoms with van der Waals surface area (Å²) < 4.78 is 10.5. The SMILES string of the molecule is COCC(C)Oc1ccc(N)c(C(C)=O)c1. The molecule has 0 heterocycles. The number of Topliss-reactive ketones (excluding diaryl/α,β-unsaturated/α-hetero) is 1. The summed E-state index contributed by atoms with van der Waals surface area (Å²) in [6.07, 6.45) is -0.0616. The van der Waals surface area contributed by atoms with Gasteiger partial charge in [-0.15, -0.1) is 0 Å². The minimum absolute atomic E-state index is 0.0616. The lowest BCUT2D eigenvalue weighted by Gasteiger charge is -2.14. The molecule has 0 bridgehead atoms. The zero-order valence-electron chi connectivity index (χ0n) is 9.82. The normalized spacial score (nSPS) is 12.2. The highest BCUT2D eigenvalue weighted by Crippen LogP contribution is 2.21. The molecule has 0 aliphatic carbocycles. The summed E-state index contributed by atoms with van der Waals surface area (Å²) in [5, 5.41) is 0. The summed E-state index contributed by atoms with van der Waals surface area (Å²) in [6, 6.07) is 5.07. The van der Waals surface area contributed by atoms with E-state index in [1.165, 1.54) is 6.92 Å². The molecule has 0 saturated carbocycles. The average Bonchev–Trinajstić information content (AvgIpc) is 2.21. The molecule has 0 spiro atoms. The summed E-state index contributed by atoms with van der Waals surface area (Å²) in [5.41, 5.74) is 6.64. The van der Waals surface area contributed by atoms with Gasteiger partial charge in [-0.3, -0.25) is 4.79 Å². The Morgan fingerprint density at radius 2 is 2.19 bits per heavy atom. The molecule has 16 heavy (non-hydrogen) atoms. The number of carbonyl (C=O) groups excluding carboxylic acids is 1. The number of carbonyl (C=O) groups is 1. The second-order valence-electron chi connectivity index (χ2n) is 3.69. The Kier molecular flexibility index (Phi) is 4.31. The molecule has 88 valence electrons. The highest BCUT2D eigenvalue weighted by molar-refractivity contribution is 5.99. The molecule has 2 N–H and O–H groups in total. The van der Waals surface area contributed by atoms with Crippen molar-refractivity contribution >= 4 is 11.5 Å². The predicted molar refractivity (Wildman–Crippen MR) is 62.8 cm³/mol. The van der Waals surface area contributed by atoms with Crippen LogP contribution in [0.3, 0.4) is 0 Å². The van der Waals surface area contributed by atoms with Crippen molar-refractivity contribution in [3.8, 4) is 5.75 Å². The van der Waals surface area contributed by atoms with E-state index in [1.54, 1.807) is 25.3 Å². The molecule has 0 aliphatic rings. The first kappa shape index (κ1) is 12.5. The Bertz CT molecular complexity index is 377. The molecule has 1 aromatic rings. The van der Waals surface area contributed by atoms with Crippen LogP contribution in [0.1, 0.15) is 24.2 Å². The Labute approximate surface area is 95.3 Å². The maximum absolute atomic E-state index is 11.3. The fourth-order valence-electron chi connectivity index (χ4n) is 1.41. The van der Waals surface area contributed by atoms with Gasteiger partial charge < -0.3 is 15.2 Å². The summed E-state index contributed by atoms with van der Waals surface area (Å²) in [5.74, 6) is 0.561. The Hall–Kier alpha value is -1.55. The Morgan fingerprint density at radius 1 is 1.50 bits per heavy atom. The molecule has 0 radical (unpaired) electrons. The van der Waals surface area contributed by atoms with Crippen molar-refractivity contribution in [2.75, 3.05) is 19.5 Å². The van der Waals surface area contributed by atoms with E-state index in [-0.39, 0.29) is 11.9 Å². The van der Waals surface area contributed by atoms with Gasteiger partial charge >= 0.3 is 0 Å². The van der Waals surface area contributed by atoms with Crippen molar-refractivity contribution < 1.29 is 14.3 Å². The summed E-state index contributed by atoms with van der Waals surface area (Å²) in [7, 11) is 1.61. The minimum Gasteiger partial charge on any atom is -0.488 e. The number of hydrogen-bond donors (Lipinski definition) is 1. The molecule has 1 aromatic carbocycles. The van der Waals surface area contributed by atoms with E-state index in [9.17, 15) is 4.79 Å². The number of nitrogens with two attached hydrogens (primary N) is 1. The van der Waals surface area contributed by atoms with Crippen LogP contribution in [-0.4, -0.2) is 25.6 Å². The first-order valence-corrected chi connectivity index (χ1v) is 5.10. The Balaban J connectivity index is 2.82. The first-order chi connectivity index (χ1) is 7.54. The molecular formula is C12H17NO3. The third-order valence-corrected chi connectivity index (χ3v) is 2.14. The topological polar surface area (TPSA) is 61.6 Å². The van der Waals surface area contributed by atoms with Gasteiger partial charge in [0.1, 0.15) is 11.9 Å². The fraction of sp³-hybridized carbons (Fsp3) is 0.417. The lowest BCUT2D eigenvalue weighted by atomic mass is 10.1. The number of ether oxygens (including phenoxy) is 2. The number of hydrogen-bond acceptors (Lipinski definition) is 4. The summed E-state index contributed by atoms with van der Waals surface area (Å²) in [4.78, 5) is 11.3. The van der Waals surface area contributed by atoms with Gasteiger partial charge in [0.05, 0.1) is 6.61 Å². The van der Waals surface area contributed by atoms with Gasteiger partial charge in [0, 0.05) is 18.4 Å². The molecule has 0 amide bonds. The number of rotatable bonds is 5. The second-order valence-corrected chi connectivity index (χ2v) is 3.69. The third-order valence-electron chi connectivity index (χ3n) is 2.14. The number of ketones is 1. The largest absolute Gasteiger partial charge is 0.488 e. The molecule has 1 atom stereocenters. The highest BCUT2D eigenvalue weighted by atomic mass is 16.5. The van der Waals surface area contributed by atoms with Crippen LogP contribution in [0.25, 0.3) is 0 Å². The lowest BCUT2D eigenvalue weighted by Crippen LogP contribution is -2.18. The molecule has 4 heteroatoms. The van der Waals surface area contributed by atoms with Gasteiger partial charge in [-0.2, -0.15) is 0 Å². The maximum atomic E-state index is 11.3. The van der Waals surface area contributed by atoms with Gasteiger partial charge in [-0.1, -0.05) is 0 Å². The molecule has 1 rings (SSSR count). The van der Waals surface area contributed by atoms with E-state index in [4.69, 9.17) is 15.2 Å². The van der Waals surface area contributed by atoms with Gasteiger partial charge in [0.15, 0.2) is 5.78 Å². The predicted octanol–water partition coefficient (Wildman–Crippen LogP) is 1.89. The maximum Gasteiger partial charge on any atom is 0.162 e. The molecule has 4 nitrogen and oxygen atoms in total. The van der Waals surface area contributed by atoms with E-state index in [0.29, 0.717) is 23.6 Å². The van der Waals surface area contributed by atoms with Crippen LogP contribution in [0.2, 0.25) is 0 Å². The van der Waals surface area contributed by atoms with Crippen LogP contribution in [0, 0.1) is 0 Å². The van der Waals surface area contributed by atoms with E-state index in [2.05, 4.69) is 0 Å². The van der Waals surface area contributed by atoms with Crippen LogP contribution >= 0.6 is 0 Å². The third kappa shape index (κ3) is 3.24. The quantitative estimate of drug-likeness (QED) is 0.611. The lowest BCUT2D eigenvalue weighted by molar-refractivity contribution is 0.0917. The summed E-state index contributed by atoms with van der Waals surface area (Å²) in [6.45, 7) is 3.88. The van der Waals surface area contributed by atoms with E-state index < -0.39 is 0 Å². The number of nitrogen functional groups attached to an aromatic ring is 1.